The number of aliphatic hydroxyl groups excluding tert-OH is 1. The van der Waals surface area contributed by atoms with Crippen LogP contribution in [0.1, 0.15) is 102 Å². The van der Waals surface area contributed by atoms with Crippen LogP contribution in [0.4, 0.5) is 0 Å². The maximum Gasteiger partial charge on any atom is 0.226 e. The van der Waals surface area contributed by atoms with E-state index in [-0.39, 0.29) is 41.6 Å². The molecule has 0 bridgehead atoms. The zero-order valence-corrected chi connectivity index (χ0v) is 23.1. The Balaban J connectivity index is 5.41. The molecule has 0 aromatic rings. The van der Waals surface area contributed by atoms with Gasteiger partial charge in [-0.1, -0.05) is 76.2 Å². The van der Waals surface area contributed by atoms with Gasteiger partial charge in [0.1, 0.15) is 0 Å². The zero-order valence-electron chi connectivity index (χ0n) is 23.1. The van der Waals surface area contributed by atoms with Crippen molar-refractivity contribution >= 4 is 17.7 Å². The number of rotatable bonds is 13. The van der Waals surface area contributed by atoms with Crippen LogP contribution in [0.2, 0.25) is 0 Å². The molecule has 0 aliphatic heterocycles. The van der Waals surface area contributed by atoms with Gasteiger partial charge >= 0.3 is 0 Å². The Hall–Kier alpha value is -1.63. The largest absolute Gasteiger partial charge is 0.392 e. The van der Waals surface area contributed by atoms with E-state index in [2.05, 4.69) is 50.6 Å². The number of nitrogens with one attached hydrogen (secondary N) is 3. The summed E-state index contributed by atoms with van der Waals surface area (Å²) in [6.07, 6.45) is 1.44. The molecular weight excluding hydrogens is 418 g/mol. The molecule has 0 aromatic heterocycles. The third-order valence-electron chi connectivity index (χ3n) is 6.05. The number of hydrogen-bond donors (Lipinski definition) is 4. The fraction of sp³-hybridized carbons (Fsp3) is 0.885. The minimum Gasteiger partial charge on any atom is -0.392 e. The second-order valence-corrected chi connectivity index (χ2v) is 12.7. The summed E-state index contributed by atoms with van der Waals surface area (Å²) in [4.78, 5) is 36.7. The van der Waals surface area contributed by atoms with Crippen LogP contribution < -0.4 is 16.0 Å². The molecule has 0 radical (unpaired) electrons. The Morgan fingerprint density at radius 1 is 0.727 bits per heavy atom. The average Bonchev–Trinajstić information content (AvgIpc) is 2.65. The van der Waals surface area contributed by atoms with Crippen LogP contribution >= 0.6 is 0 Å². The van der Waals surface area contributed by atoms with E-state index >= 15 is 0 Å². The van der Waals surface area contributed by atoms with Crippen molar-refractivity contribution < 1.29 is 19.5 Å². The van der Waals surface area contributed by atoms with E-state index in [9.17, 15) is 19.5 Å². The molecule has 0 heterocycles. The second-order valence-electron chi connectivity index (χ2n) is 12.7. The van der Waals surface area contributed by atoms with Gasteiger partial charge in [-0.15, -0.1) is 0 Å². The molecule has 0 saturated carbocycles. The summed E-state index contributed by atoms with van der Waals surface area (Å²) in [5, 5.41) is 19.9. The van der Waals surface area contributed by atoms with Gasteiger partial charge in [-0.25, -0.2) is 0 Å². The maximum absolute atomic E-state index is 13.3. The van der Waals surface area contributed by atoms with Crippen molar-refractivity contribution in [3.05, 3.63) is 0 Å². The SMILES string of the molecule is CCC(=O)NCC(CNC(=O)CC)NC(=O)C(C)(C)CC(C)(C)C(O)C(C)(C)CC(C)(C)C. The lowest BCUT2D eigenvalue weighted by atomic mass is 9.62. The monoisotopic (exact) mass is 469 g/mol. The normalized spacial score (nSPS) is 14.1. The molecule has 0 saturated heterocycles. The third kappa shape index (κ3) is 11.4. The number of aliphatic hydroxyl groups is 1. The quantitative estimate of drug-likeness (QED) is 0.329. The highest BCUT2D eigenvalue weighted by molar-refractivity contribution is 5.82. The highest BCUT2D eigenvalue weighted by atomic mass is 16.3. The summed E-state index contributed by atoms with van der Waals surface area (Å²) < 4.78 is 0. The molecule has 3 amide bonds. The number of amides is 3. The van der Waals surface area contributed by atoms with Crippen LogP contribution in [0.5, 0.6) is 0 Å². The molecule has 194 valence electrons. The average molecular weight is 470 g/mol. The first-order chi connectivity index (χ1) is 14.8. The minimum absolute atomic E-state index is 0.0759. The van der Waals surface area contributed by atoms with Crippen LogP contribution in [-0.4, -0.2) is 48.1 Å². The number of hydrogen-bond acceptors (Lipinski definition) is 4. The van der Waals surface area contributed by atoms with E-state index in [0.717, 1.165) is 6.42 Å². The molecule has 0 fully saturated rings. The highest BCUT2D eigenvalue weighted by Gasteiger charge is 2.45. The Bertz CT molecular complexity index is 643. The van der Waals surface area contributed by atoms with Crippen molar-refractivity contribution in [2.24, 2.45) is 21.7 Å². The van der Waals surface area contributed by atoms with E-state index in [0.29, 0.717) is 19.3 Å². The molecule has 1 atom stereocenters. The Morgan fingerprint density at radius 2 is 1.12 bits per heavy atom. The fourth-order valence-corrected chi connectivity index (χ4v) is 5.12. The summed E-state index contributed by atoms with van der Waals surface area (Å²) in [5.74, 6) is -0.390. The predicted molar refractivity (Wildman–Crippen MR) is 135 cm³/mol. The second kappa shape index (κ2) is 12.2. The van der Waals surface area contributed by atoms with Gasteiger partial charge in [0.2, 0.25) is 17.7 Å². The summed E-state index contributed by atoms with van der Waals surface area (Å²) in [5.41, 5.74) is -1.50. The van der Waals surface area contributed by atoms with Crippen molar-refractivity contribution in [3.8, 4) is 0 Å². The van der Waals surface area contributed by atoms with Crippen LogP contribution in [0.3, 0.4) is 0 Å². The van der Waals surface area contributed by atoms with Crippen LogP contribution in [0.25, 0.3) is 0 Å². The molecule has 0 aromatic carbocycles. The molecule has 1 unspecified atom stereocenters. The maximum atomic E-state index is 13.3. The van der Waals surface area contributed by atoms with Gasteiger partial charge < -0.3 is 21.1 Å². The molecule has 0 spiro atoms. The van der Waals surface area contributed by atoms with E-state index in [4.69, 9.17) is 0 Å². The molecular formula is C26H51N3O4. The summed E-state index contributed by atoms with van der Waals surface area (Å²) in [6.45, 7) is 22.4. The topological polar surface area (TPSA) is 108 Å². The minimum atomic E-state index is -0.760. The molecule has 33 heavy (non-hydrogen) atoms. The van der Waals surface area contributed by atoms with Gasteiger partial charge in [0, 0.05) is 31.3 Å². The molecule has 0 rings (SSSR count). The lowest BCUT2D eigenvalue weighted by Gasteiger charge is -2.46. The summed E-state index contributed by atoms with van der Waals surface area (Å²) >= 11 is 0. The van der Waals surface area contributed by atoms with Crippen molar-refractivity contribution in [1.29, 1.82) is 0 Å². The molecule has 7 heteroatoms. The lowest BCUT2D eigenvalue weighted by molar-refractivity contribution is -0.135. The predicted octanol–water partition coefficient (Wildman–Crippen LogP) is 3.79. The first-order valence-corrected chi connectivity index (χ1v) is 12.3. The van der Waals surface area contributed by atoms with Crippen molar-refractivity contribution in [2.75, 3.05) is 13.1 Å². The first kappa shape index (κ1) is 31.4. The van der Waals surface area contributed by atoms with Gasteiger partial charge in [-0.2, -0.15) is 0 Å². The van der Waals surface area contributed by atoms with Crippen LogP contribution in [-0.2, 0) is 14.4 Å². The molecule has 0 aliphatic rings. The number of carbonyl (C=O) groups excluding carboxylic acids is 3. The summed E-state index contributed by atoms with van der Waals surface area (Å²) in [6, 6.07) is -0.423. The van der Waals surface area contributed by atoms with E-state index < -0.39 is 23.0 Å². The Kier molecular flexibility index (Phi) is 11.6. The smallest absolute Gasteiger partial charge is 0.226 e. The molecule has 7 nitrogen and oxygen atoms in total. The van der Waals surface area contributed by atoms with E-state index in [1.165, 1.54) is 0 Å². The molecule has 0 aliphatic carbocycles. The molecule has 4 N–H and O–H groups in total. The van der Waals surface area contributed by atoms with Gasteiger partial charge in [0.25, 0.3) is 0 Å². The summed E-state index contributed by atoms with van der Waals surface area (Å²) in [7, 11) is 0. The van der Waals surface area contributed by atoms with Crippen molar-refractivity contribution in [3.63, 3.8) is 0 Å². The van der Waals surface area contributed by atoms with Crippen LogP contribution in [0.15, 0.2) is 0 Å². The van der Waals surface area contributed by atoms with E-state index in [1.807, 2.05) is 27.7 Å². The van der Waals surface area contributed by atoms with Gasteiger partial charge in [-0.05, 0) is 29.1 Å². The van der Waals surface area contributed by atoms with Crippen molar-refractivity contribution in [2.45, 2.75) is 114 Å². The van der Waals surface area contributed by atoms with Crippen molar-refractivity contribution in [1.82, 2.24) is 16.0 Å². The van der Waals surface area contributed by atoms with Gasteiger partial charge in [-0.3, -0.25) is 14.4 Å². The lowest BCUT2D eigenvalue weighted by Crippen LogP contribution is -2.54. The zero-order chi connectivity index (χ0) is 26.3. The third-order valence-corrected chi connectivity index (χ3v) is 6.05. The van der Waals surface area contributed by atoms with Crippen LogP contribution in [0, 0.1) is 21.7 Å². The highest BCUT2D eigenvalue weighted by Crippen LogP contribution is 2.46. The fourth-order valence-electron chi connectivity index (χ4n) is 5.12. The van der Waals surface area contributed by atoms with Gasteiger partial charge in [0.15, 0.2) is 0 Å². The van der Waals surface area contributed by atoms with Gasteiger partial charge in [0.05, 0.1) is 12.1 Å². The first-order valence-electron chi connectivity index (χ1n) is 12.3. The Labute approximate surface area is 202 Å². The van der Waals surface area contributed by atoms with E-state index in [1.54, 1.807) is 13.8 Å². The Morgan fingerprint density at radius 3 is 1.48 bits per heavy atom. The number of carbonyl (C=O) groups is 3. The standard InChI is InChI=1S/C26H51N3O4/c1-12-19(30)27-14-18(15-28-20(31)13-2)29-22(33)26(10,11)17-25(8,9)21(32)24(6,7)16-23(3,4)5/h18,21,32H,12-17H2,1-11H3,(H,27,30)(H,28,31)(H,29,33).